The molecule has 0 N–H and O–H groups in total. The highest BCUT2D eigenvalue weighted by atomic mass is 35.5. The molecule has 0 aliphatic carbocycles. The van der Waals surface area contributed by atoms with Crippen LogP contribution in [-0.2, 0) is 6.42 Å². The van der Waals surface area contributed by atoms with Gasteiger partial charge in [0.2, 0.25) is 0 Å². The van der Waals surface area contributed by atoms with Gasteiger partial charge in [-0.25, -0.2) is 4.98 Å². The summed E-state index contributed by atoms with van der Waals surface area (Å²) in [6.07, 6.45) is 6.13. The second-order valence-electron chi connectivity index (χ2n) is 4.75. The van der Waals surface area contributed by atoms with E-state index in [4.69, 9.17) is 11.6 Å². The van der Waals surface area contributed by atoms with Crippen LogP contribution in [0.2, 0.25) is 0 Å². The van der Waals surface area contributed by atoms with Crippen molar-refractivity contribution in [1.82, 2.24) is 4.98 Å². The summed E-state index contributed by atoms with van der Waals surface area (Å²) in [5, 5.41) is 12.0. The van der Waals surface area contributed by atoms with E-state index in [-0.39, 0.29) is 10.6 Å². The van der Waals surface area contributed by atoms with Gasteiger partial charge >= 0.3 is 0 Å². The molecular formula is C15H17ClN2O2. The van der Waals surface area contributed by atoms with Crippen LogP contribution in [0.15, 0.2) is 30.5 Å². The van der Waals surface area contributed by atoms with Crippen LogP contribution in [0.1, 0.15) is 31.2 Å². The van der Waals surface area contributed by atoms with Crippen molar-refractivity contribution >= 4 is 28.2 Å². The Morgan fingerprint density at radius 1 is 1.15 bits per heavy atom. The number of aromatic nitrogens is 1. The lowest BCUT2D eigenvalue weighted by atomic mass is 10.0. The molecule has 0 amide bonds. The molecule has 0 unspecified atom stereocenters. The Hall–Kier alpha value is -1.68. The maximum Gasteiger partial charge on any atom is 0.291 e. The molecule has 0 aliphatic heterocycles. The molecule has 0 saturated carbocycles. The fourth-order valence-electron chi connectivity index (χ4n) is 2.36. The van der Waals surface area contributed by atoms with Crippen LogP contribution in [0.4, 0.5) is 5.69 Å². The van der Waals surface area contributed by atoms with Gasteiger partial charge in [0.25, 0.3) is 5.69 Å². The monoisotopic (exact) mass is 292 g/mol. The number of para-hydroxylation sites is 1. The fourth-order valence-corrected chi connectivity index (χ4v) is 2.55. The summed E-state index contributed by atoms with van der Waals surface area (Å²) in [7, 11) is 0. The molecule has 106 valence electrons. The standard InChI is InChI=1S/C15H17ClN2O2/c16-10-6-2-1-3-8-13-12-7-4-5-9-14(12)17-11-15(13)18(19)20/h4-5,7,9,11H,1-3,6,8,10H2. The lowest BCUT2D eigenvalue weighted by Gasteiger charge is -2.07. The van der Waals surface area contributed by atoms with Crippen molar-refractivity contribution in [2.45, 2.75) is 32.1 Å². The second-order valence-corrected chi connectivity index (χ2v) is 5.13. The zero-order chi connectivity index (χ0) is 14.4. The molecule has 0 atom stereocenters. The highest BCUT2D eigenvalue weighted by Crippen LogP contribution is 2.27. The Bertz CT molecular complexity index is 601. The first-order chi connectivity index (χ1) is 9.74. The van der Waals surface area contributed by atoms with Gasteiger partial charge in [0.15, 0.2) is 0 Å². The first-order valence-electron chi connectivity index (χ1n) is 6.81. The van der Waals surface area contributed by atoms with Crippen molar-refractivity contribution in [1.29, 1.82) is 0 Å². The minimum atomic E-state index is -0.340. The number of benzene rings is 1. The molecule has 0 spiro atoms. The van der Waals surface area contributed by atoms with Gasteiger partial charge < -0.3 is 0 Å². The number of nitrogens with zero attached hydrogens (tertiary/aromatic N) is 2. The van der Waals surface area contributed by atoms with Crippen LogP contribution in [0.3, 0.4) is 0 Å². The number of unbranched alkanes of at least 4 members (excludes halogenated alkanes) is 3. The van der Waals surface area contributed by atoms with Crippen molar-refractivity contribution in [2.75, 3.05) is 5.88 Å². The molecule has 0 aliphatic rings. The molecule has 0 saturated heterocycles. The highest BCUT2D eigenvalue weighted by molar-refractivity contribution is 6.17. The summed E-state index contributed by atoms with van der Waals surface area (Å²) in [5.74, 6) is 0.679. The first kappa shape index (κ1) is 14.7. The van der Waals surface area contributed by atoms with Gasteiger partial charge in [-0.15, -0.1) is 11.6 Å². The van der Waals surface area contributed by atoms with E-state index in [9.17, 15) is 10.1 Å². The molecule has 2 rings (SSSR count). The molecule has 4 nitrogen and oxygen atoms in total. The Kier molecular flexibility index (Phi) is 5.30. The first-order valence-corrected chi connectivity index (χ1v) is 7.34. The zero-order valence-corrected chi connectivity index (χ0v) is 12.0. The lowest BCUT2D eigenvalue weighted by Crippen LogP contribution is -1.99. The number of pyridine rings is 1. The van der Waals surface area contributed by atoms with E-state index in [2.05, 4.69) is 4.98 Å². The van der Waals surface area contributed by atoms with E-state index in [0.29, 0.717) is 12.3 Å². The summed E-state index contributed by atoms with van der Waals surface area (Å²) < 4.78 is 0. The van der Waals surface area contributed by atoms with Gasteiger partial charge in [-0.3, -0.25) is 10.1 Å². The number of fused-ring (bicyclic) bond motifs is 1. The van der Waals surface area contributed by atoms with Crippen molar-refractivity contribution in [2.24, 2.45) is 0 Å². The topological polar surface area (TPSA) is 56.0 Å². The third kappa shape index (κ3) is 3.45. The number of aryl methyl sites for hydroxylation is 1. The maximum atomic E-state index is 11.1. The Morgan fingerprint density at radius 3 is 2.65 bits per heavy atom. The fraction of sp³-hybridized carbons (Fsp3) is 0.400. The predicted octanol–water partition coefficient (Wildman–Crippen LogP) is 4.48. The second kappa shape index (κ2) is 7.20. The van der Waals surface area contributed by atoms with Crippen LogP contribution >= 0.6 is 11.6 Å². The van der Waals surface area contributed by atoms with Crippen molar-refractivity contribution in [3.63, 3.8) is 0 Å². The molecule has 1 aromatic carbocycles. The number of hydrogen-bond acceptors (Lipinski definition) is 3. The Labute approximate surface area is 122 Å². The third-order valence-electron chi connectivity index (χ3n) is 3.37. The van der Waals surface area contributed by atoms with Crippen LogP contribution in [0, 0.1) is 10.1 Å². The van der Waals surface area contributed by atoms with Gasteiger partial charge in [0.05, 0.1) is 10.4 Å². The number of alkyl halides is 1. The van der Waals surface area contributed by atoms with Gasteiger partial charge in [0.1, 0.15) is 6.20 Å². The molecule has 2 aromatic rings. The van der Waals surface area contributed by atoms with E-state index in [1.165, 1.54) is 6.20 Å². The maximum absolute atomic E-state index is 11.1. The minimum absolute atomic E-state index is 0.126. The van der Waals surface area contributed by atoms with Gasteiger partial charge in [-0.1, -0.05) is 31.0 Å². The normalized spacial score (nSPS) is 10.8. The highest BCUT2D eigenvalue weighted by Gasteiger charge is 2.17. The molecule has 0 fully saturated rings. The van der Waals surface area contributed by atoms with Crippen LogP contribution in [0.5, 0.6) is 0 Å². The van der Waals surface area contributed by atoms with Crippen LogP contribution in [0.25, 0.3) is 10.9 Å². The van der Waals surface area contributed by atoms with Gasteiger partial charge in [-0.2, -0.15) is 0 Å². The van der Waals surface area contributed by atoms with Gasteiger partial charge in [0, 0.05) is 16.8 Å². The zero-order valence-electron chi connectivity index (χ0n) is 11.2. The summed E-state index contributed by atoms with van der Waals surface area (Å²) in [4.78, 5) is 15.0. The molecule has 20 heavy (non-hydrogen) atoms. The van der Waals surface area contributed by atoms with E-state index in [1.807, 2.05) is 24.3 Å². The minimum Gasteiger partial charge on any atom is -0.258 e. The number of nitro groups is 1. The van der Waals surface area contributed by atoms with E-state index >= 15 is 0 Å². The molecular weight excluding hydrogens is 276 g/mol. The third-order valence-corrected chi connectivity index (χ3v) is 3.64. The number of halogens is 1. The Balaban J connectivity index is 2.23. The van der Waals surface area contributed by atoms with E-state index in [1.54, 1.807) is 0 Å². The largest absolute Gasteiger partial charge is 0.291 e. The molecule has 0 bridgehead atoms. The van der Waals surface area contributed by atoms with Crippen molar-refractivity contribution in [3.8, 4) is 0 Å². The van der Waals surface area contributed by atoms with Crippen LogP contribution < -0.4 is 0 Å². The molecule has 0 radical (unpaired) electrons. The van der Waals surface area contributed by atoms with Crippen LogP contribution in [-0.4, -0.2) is 15.8 Å². The van der Waals surface area contributed by atoms with E-state index < -0.39 is 0 Å². The summed E-state index contributed by atoms with van der Waals surface area (Å²) in [6, 6.07) is 7.58. The molecule has 5 heteroatoms. The predicted molar refractivity (Wildman–Crippen MR) is 81.3 cm³/mol. The average Bonchev–Trinajstić information content (AvgIpc) is 2.46. The number of hydrogen-bond donors (Lipinski definition) is 0. The van der Waals surface area contributed by atoms with Crippen molar-refractivity contribution in [3.05, 3.63) is 46.1 Å². The quantitative estimate of drug-likeness (QED) is 0.327. The molecule has 1 aromatic heterocycles. The summed E-state index contributed by atoms with van der Waals surface area (Å²) in [6.45, 7) is 0. The lowest BCUT2D eigenvalue weighted by molar-refractivity contribution is -0.385. The van der Waals surface area contributed by atoms with Crippen molar-refractivity contribution < 1.29 is 4.92 Å². The summed E-state index contributed by atoms with van der Waals surface area (Å²) >= 11 is 5.64. The van der Waals surface area contributed by atoms with E-state index in [0.717, 1.165) is 42.1 Å². The molecule has 1 heterocycles. The van der Waals surface area contributed by atoms with Gasteiger partial charge in [-0.05, 0) is 25.3 Å². The smallest absolute Gasteiger partial charge is 0.258 e. The SMILES string of the molecule is O=[N+]([O-])c1cnc2ccccc2c1CCCCCCCl. The summed E-state index contributed by atoms with van der Waals surface area (Å²) in [5.41, 5.74) is 1.74. The number of rotatable bonds is 7. The average molecular weight is 293 g/mol. The Morgan fingerprint density at radius 2 is 1.90 bits per heavy atom.